The Balaban J connectivity index is 4.66. The molecule has 0 aliphatic heterocycles. The topological polar surface area (TPSA) is 52.6 Å². The Bertz CT molecular complexity index is 570. The summed E-state index contributed by atoms with van der Waals surface area (Å²) in [7, 11) is 0. The molecular weight excluding hydrogens is 496 g/mol. The molecule has 2 unspecified atom stereocenters. The fourth-order valence-electron chi connectivity index (χ4n) is 4.82. The van der Waals surface area contributed by atoms with Crippen molar-refractivity contribution in [2.75, 3.05) is 0 Å². The second kappa shape index (κ2) is 30.4. The molecule has 0 heterocycles. The second-order valence-electron chi connectivity index (χ2n) is 11.5. The molecule has 4 heteroatoms. The number of ether oxygens (including phenoxy) is 2. The standard InChI is InChI=1S/C36H66O4/c1-5-9-13-17-19-21-25-29-33(27-23-15-11-7-3)39-35(37)31-32-36(38)40-34(28-24-16-12-8-4)30-26-22-20-18-14-10-6-2/h25-26,29-30,33-34H,5-24,27-28,31-32H2,1-4H3. The van der Waals surface area contributed by atoms with E-state index in [4.69, 9.17) is 9.47 Å². The van der Waals surface area contributed by atoms with E-state index < -0.39 is 0 Å². The first-order valence-electron chi connectivity index (χ1n) is 17.3. The maximum Gasteiger partial charge on any atom is 0.306 e. The summed E-state index contributed by atoms with van der Waals surface area (Å²) in [4.78, 5) is 25.2. The molecule has 40 heavy (non-hydrogen) atoms. The van der Waals surface area contributed by atoms with E-state index in [1.165, 1.54) is 89.9 Å². The average molecular weight is 563 g/mol. The fourth-order valence-corrected chi connectivity index (χ4v) is 4.82. The highest BCUT2D eigenvalue weighted by molar-refractivity contribution is 5.78. The highest BCUT2D eigenvalue weighted by Crippen LogP contribution is 2.15. The van der Waals surface area contributed by atoms with Crippen LogP contribution in [-0.2, 0) is 19.1 Å². The van der Waals surface area contributed by atoms with Crippen molar-refractivity contribution in [3.05, 3.63) is 24.3 Å². The number of hydrogen-bond acceptors (Lipinski definition) is 4. The summed E-state index contributed by atoms with van der Waals surface area (Å²) in [6.07, 6.45) is 33.9. The van der Waals surface area contributed by atoms with E-state index in [1.54, 1.807) is 0 Å². The van der Waals surface area contributed by atoms with Crippen LogP contribution in [0.5, 0.6) is 0 Å². The van der Waals surface area contributed by atoms with E-state index in [0.717, 1.165) is 51.4 Å². The Labute approximate surface area is 249 Å². The molecular formula is C36H66O4. The molecule has 0 aliphatic carbocycles. The monoisotopic (exact) mass is 562 g/mol. The molecule has 2 atom stereocenters. The van der Waals surface area contributed by atoms with Crippen molar-refractivity contribution in [2.45, 2.75) is 194 Å². The maximum absolute atomic E-state index is 12.6. The summed E-state index contributed by atoms with van der Waals surface area (Å²) in [5.41, 5.74) is 0. The highest BCUT2D eigenvalue weighted by Gasteiger charge is 2.16. The lowest BCUT2D eigenvalue weighted by molar-refractivity contribution is -0.154. The van der Waals surface area contributed by atoms with Gasteiger partial charge in [-0.15, -0.1) is 0 Å². The Morgan fingerprint density at radius 2 is 0.800 bits per heavy atom. The summed E-state index contributed by atoms with van der Waals surface area (Å²) in [5.74, 6) is -0.598. The van der Waals surface area contributed by atoms with E-state index in [2.05, 4.69) is 52.0 Å². The molecule has 0 amide bonds. The van der Waals surface area contributed by atoms with Crippen LogP contribution in [0.25, 0.3) is 0 Å². The maximum atomic E-state index is 12.6. The summed E-state index contributed by atoms with van der Waals surface area (Å²) in [5, 5.41) is 0. The van der Waals surface area contributed by atoms with Crippen molar-refractivity contribution >= 4 is 11.9 Å². The average Bonchev–Trinajstić information content (AvgIpc) is 2.95. The molecule has 0 aromatic rings. The van der Waals surface area contributed by atoms with Crippen LogP contribution in [-0.4, -0.2) is 24.1 Å². The molecule has 0 saturated carbocycles. The minimum absolute atomic E-state index is 0.0822. The smallest absolute Gasteiger partial charge is 0.306 e. The third-order valence-corrected chi connectivity index (χ3v) is 7.43. The van der Waals surface area contributed by atoms with Gasteiger partial charge < -0.3 is 9.47 Å². The molecule has 0 N–H and O–H groups in total. The van der Waals surface area contributed by atoms with Crippen LogP contribution in [0.1, 0.15) is 182 Å². The molecule has 0 fully saturated rings. The number of rotatable bonds is 29. The van der Waals surface area contributed by atoms with Crippen molar-refractivity contribution in [3.63, 3.8) is 0 Å². The quantitative estimate of drug-likeness (QED) is 0.0517. The van der Waals surface area contributed by atoms with Crippen LogP contribution in [0.15, 0.2) is 24.3 Å². The van der Waals surface area contributed by atoms with Gasteiger partial charge in [-0.05, 0) is 63.5 Å². The first-order valence-corrected chi connectivity index (χ1v) is 17.3. The number of allylic oxidation sites excluding steroid dienone is 2. The summed E-state index contributed by atoms with van der Waals surface area (Å²) >= 11 is 0. The molecule has 0 radical (unpaired) electrons. The number of carbonyl (C=O) groups is 2. The fraction of sp³-hybridized carbons (Fsp3) is 0.833. The number of esters is 2. The van der Waals surface area contributed by atoms with Gasteiger partial charge in [0.15, 0.2) is 0 Å². The van der Waals surface area contributed by atoms with Crippen LogP contribution >= 0.6 is 0 Å². The largest absolute Gasteiger partial charge is 0.458 e. The highest BCUT2D eigenvalue weighted by atomic mass is 16.5. The van der Waals surface area contributed by atoms with Crippen LogP contribution in [0.4, 0.5) is 0 Å². The zero-order valence-electron chi connectivity index (χ0n) is 27.1. The zero-order valence-corrected chi connectivity index (χ0v) is 27.1. The van der Waals surface area contributed by atoms with Gasteiger partial charge in [-0.3, -0.25) is 9.59 Å². The SMILES string of the molecule is CCCCCCCC=CC(CCCCCC)OC(=O)CCC(=O)OC(C=CCCCCCCC)CCCCCC. The first kappa shape index (κ1) is 38.4. The van der Waals surface area contributed by atoms with Crippen molar-refractivity contribution in [2.24, 2.45) is 0 Å². The van der Waals surface area contributed by atoms with Crippen LogP contribution in [0, 0.1) is 0 Å². The van der Waals surface area contributed by atoms with Crippen LogP contribution in [0.2, 0.25) is 0 Å². The number of carbonyl (C=O) groups excluding carboxylic acids is 2. The molecule has 4 nitrogen and oxygen atoms in total. The van der Waals surface area contributed by atoms with E-state index in [9.17, 15) is 9.59 Å². The normalized spacial score (nSPS) is 13.2. The van der Waals surface area contributed by atoms with Crippen molar-refractivity contribution in [1.29, 1.82) is 0 Å². The predicted octanol–water partition coefficient (Wildman–Crippen LogP) is 11.4. The van der Waals surface area contributed by atoms with Gasteiger partial charge in [0.05, 0.1) is 12.8 Å². The van der Waals surface area contributed by atoms with E-state index in [-0.39, 0.29) is 37.0 Å². The van der Waals surface area contributed by atoms with Crippen LogP contribution in [0.3, 0.4) is 0 Å². The van der Waals surface area contributed by atoms with Gasteiger partial charge in [0.1, 0.15) is 12.2 Å². The molecule has 0 spiro atoms. The van der Waals surface area contributed by atoms with Crippen molar-refractivity contribution in [3.8, 4) is 0 Å². The van der Waals surface area contributed by atoms with Crippen molar-refractivity contribution in [1.82, 2.24) is 0 Å². The number of unbranched alkanes of at least 4 members (excludes halogenated alkanes) is 16. The minimum Gasteiger partial charge on any atom is -0.458 e. The van der Waals surface area contributed by atoms with Gasteiger partial charge in [-0.25, -0.2) is 0 Å². The third kappa shape index (κ3) is 26.6. The van der Waals surface area contributed by atoms with E-state index in [0.29, 0.717) is 0 Å². The van der Waals surface area contributed by atoms with Gasteiger partial charge in [0.2, 0.25) is 0 Å². The summed E-state index contributed by atoms with van der Waals surface area (Å²) in [6, 6.07) is 0. The predicted molar refractivity (Wildman–Crippen MR) is 172 cm³/mol. The van der Waals surface area contributed by atoms with Gasteiger partial charge in [0.25, 0.3) is 0 Å². The summed E-state index contributed by atoms with van der Waals surface area (Å²) < 4.78 is 11.6. The second-order valence-corrected chi connectivity index (χ2v) is 11.5. The lowest BCUT2D eigenvalue weighted by atomic mass is 10.1. The molecule has 0 saturated heterocycles. The van der Waals surface area contributed by atoms with Crippen LogP contribution < -0.4 is 0 Å². The molecule has 0 bridgehead atoms. The zero-order chi connectivity index (χ0) is 29.5. The van der Waals surface area contributed by atoms with Gasteiger partial charge in [0, 0.05) is 0 Å². The minimum atomic E-state index is -0.299. The first-order chi connectivity index (χ1) is 19.6. The van der Waals surface area contributed by atoms with E-state index >= 15 is 0 Å². The molecule has 0 aromatic carbocycles. The van der Waals surface area contributed by atoms with Gasteiger partial charge >= 0.3 is 11.9 Å². The summed E-state index contributed by atoms with van der Waals surface area (Å²) in [6.45, 7) is 8.88. The van der Waals surface area contributed by atoms with Gasteiger partial charge in [-0.2, -0.15) is 0 Å². The number of hydrogen-bond donors (Lipinski definition) is 0. The molecule has 0 aliphatic rings. The lowest BCUT2D eigenvalue weighted by Crippen LogP contribution is -2.20. The van der Waals surface area contributed by atoms with Gasteiger partial charge in [-0.1, -0.05) is 130 Å². The Hall–Kier alpha value is -1.58. The third-order valence-electron chi connectivity index (χ3n) is 7.43. The molecule has 0 rings (SSSR count). The Morgan fingerprint density at radius 1 is 0.475 bits per heavy atom. The van der Waals surface area contributed by atoms with E-state index in [1.807, 2.05) is 0 Å². The molecule has 234 valence electrons. The Kier molecular flexibility index (Phi) is 29.2. The lowest BCUT2D eigenvalue weighted by Gasteiger charge is -2.16. The molecule has 0 aromatic heterocycles. The Morgan fingerprint density at radius 3 is 1.15 bits per heavy atom. The van der Waals surface area contributed by atoms with Crippen molar-refractivity contribution < 1.29 is 19.1 Å².